The number of nitrogens with zero attached hydrogens (tertiary/aromatic N) is 4. The molecular formula is C13H17ClN4O. The molecule has 19 heavy (non-hydrogen) atoms. The summed E-state index contributed by atoms with van der Waals surface area (Å²) in [5, 5.41) is 9.13. The molecule has 0 atom stereocenters. The lowest BCUT2D eigenvalue weighted by Crippen LogP contribution is -2.39. The van der Waals surface area contributed by atoms with Crippen molar-refractivity contribution in [2.45, 2.75) is 13.8 Å². The Balaban J connectivity index is 2.84. The fraction of sp³-hybridized carbons (Fsp3) is 0.462. The zero-order valence-electron chi connectivity index (χ0n) is 11.4. The van der Waals surface area contributed by atoms with Gasteiger partial charge in [-0.25, -0.2) is 4.98 Å². The number of hydrogen-bond acceptors (Lipinski definition) is 4. The highest BCUT2D eigenvalue weighted by atomic mass is 35.5. The molecule has 0 fully saturated rings. The van der Waals surface area contributed by atoms with Crippen LogP contribution in [-0.2, 0) is 4.79 Å². The first-order chi connectivity index (χ1) is 9.01. The number of hydrogen-bond donors (Lipinski definition) is 0. The molecule has 0 saturated carbocycles. The van der Waals surface area contributed by atoms with Crippen LogP contribution in [0.4, 0.5) is 5.82 Å². The summed E-state index contributed by atoms with van der Waals surface area (Å²) in [6, 6.07) is 5.12. The Kier molecular flexibility index (Phi) is 5.58. The molecule has 0 aromatic carbocycles. The first-order valence-electron chi connectivity index (χ1n) is 6.08. The largest absolute Gasteiger partial charge is 0.350 e. The number of pyridine rings is 1. The van der Waals surface area contributed by atoms with Gasteiger partial charge in [0, 0.05) is 20.1 Å². The molecular weight excluding hydrogens is 264 g/mol. The van der Waals surface area contributed by atoms with E-state index in [0.29, 0.717) is 24.5 Å². The van der Waals surface area contributed by atoms with Crippen LogP contribution in [0.15, 0.2) is 12.1 Å². The van der Waals surface area contributed by atoms with Gasteiger partial charge in [0.1, 0.15) is 11.0 Å². The van der Waals surface area contributed by atoms with E-state index in [1.165, 1.54) is 6.07 Å². The summed E-state index contributed by atoms with van der Waals surface area (Å²) in [6.07, 6.45) is 0. The second-order valence-electron chi connectivity index (χ2n) is 4.07. The minimum Gasteiger partial charge on any atom is -0.350 e. The summed E-state index contributed by atoms with van der Waals surface area (Å²) in [6.45, 7) is 5.44. The summed E-state index contributed by atoms with van der Waals surface area (Å²) >= 11 is 5.84. The second-order valence-corrected chi connectivity index (χ2v) is 4.46. The van der Waals surface area contributed by atoms with Gasteiger partial charge in [0.2, 0.25) is 5.91 Å². The van der Waals surface area contributed by atoms with Crippen LogP contribution in [0, 0.1) is 11.3 Å². The lowest BCUT2D eigenvalue weighted by molar-refractivity contribution is -0.129. The molecule has 102 valence electrons. The van der Waals surface area contributed by atoms with Crippen LogP contribution in [0.1, 0.15) is 19.4 Å². The number of anilines is 1. The number of amides is 1. The fourth-order valence-corrected chi connectivity index (χ4v) is 1.91. The van der Waals surface area contributed by atoms with Gasteiger partial charge in [0.05, 0.1) is 18.2 Å². The van der Waals surface area contributed by atoms with Gasteiger partial charge >= 0.3 is 0 Å². The number of rotatable bonds is 5. The third kappa shape index (κ3) is 4.11. The van der Waals surface area contributed by atoms with Crippen LogP contribution < -0.4 is 4.90 Å². The predicted molar refractivity (Wildman–Crippen MR) is 75.2 cm³/mol. The van der Waals surface area contributed by atoms with Crippen LogP contribution in [0.3, 0.4) is 0 Å². The number of likely N-dealkylation sites (N-methyl/N-ethyl adjacent to an activating group) is 2. The monoisotopic (exact) mass is 280 g/mol. The lowest BCUT2D eigenvalue weighted by atomic mass is 10.3. The number of halogens is 1. The van der Waals surface area contributed by atoms with Crippen LogP contribution in [0.5, 0.6) is 0 Å². The van der Waals surface area contributed by atoms with E-state index in [2.05, 4.69) is 4.98 Å². The van der Waals surface area contributed by atoms with E-state index in [1.807, 2.05) is 19.9 Å². The molecule has 1 heterocycles. The molecule has 0 aliphatic carbocycles. The van der Waals surface area contributed by atoms with E-state index in [9.17, 15) is 4.79 Å². The van der Waals surface area contributed by atoms with E-state index in [1.54, 1.807) is 22.9 Å². The van der Waals surface area contributed by atoms with Crippen molar-refractivity contribution in [3.63, 3.8) is 0 Å². The normalized spacial score (nSPS) is 9.84. The summed E-state index contributed by atoms with van der Waals surface area (Å²) < 4.78 is 0. The average Bonchev–Trinajstić information content (AvgIpc) is 2.39. The zero-order valence-corrected chi connectivity index (χ0v) is 12.1. The molecule has 0 N–H and O–H groups in total. The topological polar surface area (TPSA) is 60.2 Å². The van der Waals surface area contributed by atoms with Crippen molar-refractivity contribution >= 4 is 23.3 Å². The Morgan fingerprint density at radius 1 is 1.42 bits per heavy atom. The molecule has 1 aromatic heterocycles. The van der Waals surface area contributed by atoms with E-state index in [0.717, 1.165) is 0 Å². The summed E-state index contributed by atoms with van der Waals surface area (Å²) in [7, 11) is 1.75. The molecule has 6 heteroatoms. The van der Waals surface area contributed by atoms with Crippen molar-refractivity contribution in [3.8, 4) is 6.07 Å². The van der Waals surface area contributed by atoms with Crippen LogP contribution in [0.2, 0.25) is 5.15 Å². The molecule has 0 spiro atoms. The molecule has 1 aromatic rings. The molecule has 5 nitrogen and oxygen atoms in total. The van der Waals surface area contributed by atoms with Gasteiger partial charge in [0.25, 0.3) is 0 Å². The van der Waals surface area contributed by atoms with Crippen molar-refractivity contribution in [1.82, 2.24) is 9.88 Å². The van der Waals surface area contributed by atoms with Crippen molar-refractivity contribution < 1.29 is 4.79 Å². The summed E-state index contributed by atoms with van der Waals surface area (Å²) in [5.41, 5.74) is 0.428. The maximum Gasteiger partial charge on any atom is 0.242 e. The molecule has 0 bridgehead atoms. The van der Waals surface area contributed by atoms with Gasteiger partial charge in [-0.05, 0) is 26.0 Å². The number of carbonyl (C=O) groups is 1. The van der Waals surface area contributed by atoms with E-state index >= 15 is 0 Å². The van der Waals surface area contributed by atoms with E-state index in [-0.39, 0.29) is 17.6 Å². The quantitative estimate of drug-likeness (QED) is 0.773. The van der Waals surface area contributed by atoms with Crippen molar-refractivity contribution in [2.24, 2.45) is 0 Å². The van der Waals surface area contributed by atoms with Gasteiger partial charge in [-0.2, -0.15) is 5.26 Å². The molecule has 0 saturated heterocycles. The Morgan fingerprint density at radius 3 is 2.58 bits per heavy atom. The lowest BCUT2D eigenvalue weighted by Gasteiger charge is -2.23. The second kappa shape index (κ2) is 6.95. The standard InChI is InChI=1S/C13H17ClN4O/c1-4-18(5-2)13(19)9-17(3)12-7-10(8-15)6-11(14)16-12/h6-7H,4-5,9H2,1-3H3. The SMILES string of the molecule is CCN(CC)C(=O)CN(C)c1cc(C#N)cc(Cl)n1. The van der Waals surface area contributed by atoms with Crippen LogP contribution in [0.25, 0.3) is 0 Å². The highest BCUT2D eigenvalue weighted by Crippen LogP contribution is 2.16. The van der Waals surface area contributed by atoms with Gasteiger partial charge in [-0.3, -0.25) is 4.79 Å². The Morgan fingerprint density at radius 2 is 2.05 bits per heavy atom. The number of carbonyl (C=O) groups excluding carboxylic acids is 1. The molecule has 1 rings (SSSR count). The first-order valence-corrected chi connectivity index (χ1v) is 6.46. The summed E-state index contributed by atoms with van der Waals surface area (Å²) in [5.74, 6) is 0.539. The minimum atomic E-state index is 0.0211. The van der Waals surface area contributed by atoms with Gasteiger partial charge in [-0.1, -0.05) is 11.6 Å². The van der Waals surface area contributed by atoms with E-state index < -0.39 is 0 Å². The number of nitriles is 1. The first kappa shape index (κ1) is 15.3. The fourth-order valence-electron chi connectivity index (χ4n) is 1.70. The third-order valence-corrected chi connectivity index (χ3v) is 2.98. The number of aromatic nitrogens is 1. The predicted octanol–water partition coefficient (Wildman–Crippen LogP) is 1.91. The Bertz CT molecular complexity index is 494. The molecule has 0 unspecified atom stereocenters. The Labute approximate surface area is 118 Å². The summed E-state index contributed by atoms with van der Waals surface area (Å²) in [4.78, 5) is 19.5. The van der Waals surface area contributed by atoms with Gasteiger partial charge in [0.15, 0.2) is 0 Å². The van der Waals surface area contributed by atoms with Gasteiger partial charge in [-0.15, -0.1) is 0 Å². The highest BCUT2D eigenvalue weighted by molar-refractivity contribution is 6.29. The van der Waals surface area contributed by atoms with Crippen molar-refractivity contribution in [3.05, 3.63) is 22.8 Å². The average molecular weight is 281 g/mol. The van der Waals surface area contributed by atoms with Gasteiger partial charge < -0.3 is 9.80 Å². The van der Waals surface area contributed by atoms with Crippen molar-refractivity contribution in [1.29, 1.82) is 5.26 Å². The molecule has 0 aliphatic rings. The molecule has 1 amide bonds. The van der Waals surface area contributed by atoms with Crippen LogP contribution >= 0.6 is 11.6 Å². The maximum absolute atomic E-state index is 12.0. The Hall–Kier alpha value is -1.80. The third-order valence-electron chi connectivity index (χ3n) is 2.79. The smallest absolute Gasteiger partial charge is 0.242 e. The van der Waals surface area contributed by atoms with Crippen LogP contribution in [-0.4, -0.2) is 42.5 Å². The molecule has 0 aliphatic heterocycles. The zero-order chi connectivity index (χ0) is 14.4. The highest BCUT2D eigenvalue weighted by Gasteiger charge is 2.14. The minimum absolute atomic E-state index is 0.0211. The molecule has 0 radical (unpaired) electrons. The maximum atomic E-state index is 12.0. The van der Waals surface area contributed by atoms with E-state index in [4.69, 9.17) is 16.9 Å². The van der Waals surface area contributed by atoms with Crippen molar-refractivity contribution in [2.75, 3.05) is 31.6 Å².